The fourth-order valence-electron chi connectivity index (χ4n) is 1.88. The zero-order chi connectivity index (χ0) is 13.6. The lowest BCUT2D eigenvalue weighted by atomic mass is 9.98. The highest BCUT2D eigenvalue weighted by molar-refractivity contribution is 7.10. The number of ether oxygens (including phenoxy) is 2. The van der Waals surface area contributed by atoms with Gasteiger partial charge in [0.25, 0.3) is 0 Å². The summed E-state index contributed by atoms with van der Waals surface area (Å²) in [6.07, 6.45) is 1.68. The van der Waals surface area contributed by atoms with E-state index in [1.165, 1.54) is 11.3 Å². The second-order valence-electron chi connectivity index (χ2n) is 3.89. The summed E-state index contributed by atoms with van der Waals surface area (Å²) < 4.78 is 10.8. The maximum Gasteiger partial charge on any atom is 0.357 e. The van der Waals surface area contributed by atoms with Crippen LogP contribution in [0.5, 0.6) is 0 Å². The smallest absolute Gasteiger partial charge is 0.357 e. The molecule has 0 fully saturated rings. The Morgan fingerprint density at radius 3 is 2.44 bits per heavy atom. The fraction of sp³-hybridized carbons (Fsp3) is 0.692. The van der Waals surface area contributed by atoms with Crippen LogP contribution in [0.15, 0.2) is 5.38 Å². The second kappa shape index (κ2) is 6.85. The summed E-state index contributed by atoms with van der Waals surface area (Å²) in [7, 11) is 0. The van der Waals surface area contributed by atoms with Gasteiger partial charge < -0.3 is 9.47 Å². The third-order valence-electron chi connectivity index (χ3n) is 2.94. The van der Waals surface area contributed by atoms with Crippen LogP contribution in [-0.2, 0) is 15.1 Å². The molecule has 1 heterocycles. The van der Waals surface area contributed by atoms with Crippen molar-refractivity contribution in [3.8, 4) is 0 Å². The number of thiazole rings is 1. The van der Waals surface area contributed by atoms with Crippen LogP contribution in [0.4, 0.5) is 0 Å². The topological polar surface area (TPSA) is 48.4 Å². The van der Waals surface area contributed by atoms with Crippen LogP contribution >= 0.6 is 11.3 Å². The SMILES string of the molecule is CCOC(=O)c1csc(C(CC)(CC)OCC)n1. The molecule has 0 aliphatic heterocycles. The predicted octanol–water partition coefficient (Wildman–Crippen LogP) is 3.37. The van der Waals surface area contributed by atoms with E-state index in [0.717, 1.165) is 17.8 Å². The lowest BCUT2D eigenvalue weighted by Crippen LogP contribution is -2.28. The Morgan fingerprint density at radius 1 is 1.28 bits per heavy atom. The van der Waals surface area contributed by atoms with Crippen LogP contribution in [0, 0.1) is 0 Å². The number of rotatable bonds is 7. The molecule has 0 N–H and O–H groups in total. The number of hydrogen-bond donors (Lipinski definition) is 0. The van der Waals surface area contributed by atoms with Crippen molar-refractivity contribution in [1.82, 2.24) is 4.98 Å². The number of nitrogens with zero attached hydrogens (tertiary/aromatic N) is 1. The van der Waals surface area contributed by atoms with E-state index in [0.29, 0.717) is 18.9 Å². The molecule has 0 aromatic carbocycles. The highest BCUT2D eigenvalue weighted by Crippen LogP contribution is 2.35. The molecule has 0 saturated heterocycles. The van der Waals surface area contributed by atoms with Crippen LogP contribution in [0.2, 0.25) is 0 Å². The van der Waals surface area contributed by atoms with Crippen LogP contribution in [0.1, 0.15) is 56.0 Å². The highest BCUT2D eigenvalue weighted by atomic mass is 32.1. The van der Waals surface area contributed by atoms with Crippen LogP contribution in [0.3, 0.4) is 0 Å². The average molecular weight is 271 g/mol. The summed E-state index contributed by atoms with van der Waals surface area (Å²) in [5, 5.41) is 2.60. The van der Waals surface area contributed by atoms with Crippen LogP contribution < -0.4 is 0 Å². The number of carbonyl (C=O) groups excluding carboxylic acids is 1. The van der Waals surface area contributed by atoms with Gasteiger partial charge in [-0.2, -0.15) is 0 Å². The molecule has 1 aromatic rings. The van der Waals surface area contributed by atoms with Crippen LogP contribution in [0.25, 0.3) is 0 Å². The van der Waals surface area contributed by atoms with E-state index >= 15 is 0 Å². The molecule has 0 saturated carbocycles. The highest BCUT2D eigenvalue weighted by Gasteiger charge is 2.33. The molecule has 18 heavy (non-hydrogen) atoms. The molecule has 1 aromatic heterocycles. The largest absolute Gasteiger partial charge is 0.461 e. The van der Waals surface area contributed by atoms with Gasteiger partial charge in [0.1, 0.15) is 10.6 Å². The Morgan fingerprint density at radius 2 is 1.94 bits per heavy atom. The van der Waals surface area contributed by atoms with Crippen molar-refractivity contribution in [2.75, 3.05) is 13.2 Å². The predicted molar refractivity (Wildman–Crippen MR) is 72.0 cm³/mol. The number of hydrogen-bond acceptors (Lipinski definition) is 5. The Bertz CT molecular complexity index is 385. The molecule has 5 heteroatoms. The van der Waals surface area contributed by atoms with Gasteiger partial charge in [0.05, 0.1) is 6.61 Å². The fourth-order valence-corrected chi connectivity index (χ4v) is 2.96. The molecule has 0 unspecified atom stereocenters. The van der Waals surface area contributed by atoms with Gasteiger partial charge in [-0.3, -0.25) is 0 Å². The average Bonchev–Trinajstić information content (AvgIpc) is 2.86. The van der Waals surface area contributed by atoms with E-state index < -0.39 is 0 Å². The molecular formula is C13H21NO3S. The minimum Gasteiger partial charge on any atom is -0.461 e. The molecule has 0 aliphatic rings. The maximum absolute atomic E-state index is 11.6. The van der Waals surface area contributed by atoms with Crippen molar-refractivity contribution >= 4 is 17.3 Å². The van der Waals surface area contributed by atoms with Crippen molar-refractivity contribution < 1.29 is 14.3 Å². The molecule has 0 spiro atoms. The van der Waals surface area contributed by atoms with Gasteiger partial charge in [-0.1, -0.05) is 13.8 Å². The van der Waals surface area contributed by atoms with Crippen LogP contribution in [-0.4, -0.2) is 24.2 Å². The monoisotopic (exact) mass is 271 g/mol. The second-order valence-corrected chi connectivity index (χ2v) is 4.75. The summed E-state index contributed by atoms with van der Waals surface area (Å²) >= 11 is 1.46. The van der Waals surface area contributed by atoms with E-state index in [1.807, 2.05) is 6.92 Å². The van der Waals surface area contributed by atoms with E-state index in [9.17, 15) is 4.79 Å². The zero-order valence-corrected chi connectivity index (χ0v) is 12.3. The van der Waals surface area contributed by atoms with Gasteiger partial charge in [-0.25, -0.2) is 9.78 Å². The van der Waals surface area contributed by atoms with Crippen molar-refractivity contribution in [2.45, 2.75) is 46.1 Å². The third kappa shape index (κ3) is 3.09. The molecule has 0 bridgehead atoms. The van der Waals surface area contributed by atoms with Gasteiger partial charge in [-0.05, 0) is 26.7 Å². The lowest BCUT2D eigenvalue weighted by Gasteiger charge is -2.29. The van der Waals surface area contributed by atoms with Crippen molar-refractivity contribution in [3.63, 3.8) is 0 Å². The Labute approximate surface area is 112 Å². The number of carbonyl (C=O) groups is 1. The first kappa shape index (κ1) is 15.1. The molecule has 0 aliphatic carbocycles. The van der Waals surface area contributed by atoms with Gasteiger partial charge in [0.2, 0.25) is 0 Å². The Kier molecular flexibility index (Phi) is 5.75. The summed E-state index contributed by atoms with van der Waals surface area (Å²) in [6, 6.07) is 0. The molecule has 0 amide bonds. The summed E-state index contributed by atoms with van der Waals surface area (Å²) in [4.78, 5) is 16.0. The first-order valence-corrected chi connectivity index (χ1v) is 7.28. The summed E-state index contributed by atoms with van der Waals surface area (Å²) in [6.45, 7) is 8.91. The lowest BCUT2D eigenvalue weighted by molar-refractivity contribution is -0.0507. The van der Waals surface area contributed by atoms with E-state index in [1.54, 1.807) is 12.3 Å². The van der Waals surface area contributed by atoms with E-state index in [2.05, 4.69) is 18.8 Å². The van der Waals surface area contributed by atoms with Gasteiger partial charge in [-0.15, -0.1) is 11.3 Å². The first-order chi connectivity index (χ1) is 8.63. The Balaban J connectivity index is 2.97. The molecule has 4 nitrogen and oxygen atoms in total. The van der Waals surface area contributed by atoms with Gasteiger partial charge in [0, 0.05) is 12.0 Å². The Hall–Kier alpha value is -0.940. The molecule has 102 valence electrons. The van der Waals surface area contributed by atoms with Gasteiger partial charge in [0.15, 0.2) is 5.69 Å². The molecule has 1 rings (SSSR count). The summed E-state index contributed by atoms with van der Waals surface area (Å²) in [5.74, 6) is -0.363. The molecule has 0 atom stereocenters. The zero-order valence-electron chi connectivity index (χ0n) is 11.5. The molecular weight excluding hydrogens is 250 g/mol. The van der Waals surface area contributed by atoms with Crippen molar-refractivity contribution in [3.05, 3.63) is 16.1 Å². The standard InChI is InChI=1S/C13H21NO3S/c1-5-13(6-2,17-8-4)12-14-10(9-18-12)11(15)16-7-3/h9H,5-8H2,1-4H3. The van der Waals surface area contributed by atoms with E-state index in [-0.39, 0.29) is 11.6 Å². The maximum atomic E-state index is 11.6. The normalized spacial score (nSPS) is 11.6. The van der Waals surface area contributed by atoms with Crippen molar-refractivity contribution in [1.29, 1.82) is 0 Å². The minimum atomic E-state index is -0.371. The quantitative estimate of drug-likeness (QED) is 0.713. The van der Waals surface area contributed by atoms with Crippen molar-refractivity contribution in [2.24, 2.45) is 0 Å². The summed E-state index contributed by atoms with van der Waals surface area (Å²) in [5.41, 5.74) is 0.00675. The van der Waals surface area contributed by atoms with E-state index in [4.69, 9.17) is 9.47 Å². The molecule has 0 radical (unpaired) electrons. The number of esters is 1. The third-order valence-corrected chi connectivity index (χ3v) is 3.97. The number of aromatic nitrogens is 1. The van der Waals surface area contributed by atoms with Gasteiger partial charge >= 0.3 is 5.97 Å². The first-order valence-electron chi connectivity index (χ1n) is 6.40. The minimum absolute atomic E-state index is 0.363.